The third-order valence-corrected chi connectivity index (χ3v) is 8.43. The predicted molar refractivity (Wildman–Crippen MR) is 195 cm³/mol. The maximum atomic E-state index is 7.21. The van der Waals surface area contributed by atoms with Gasteiger partial charge in [-0.2, -0.15) is 0 Å². The highest BCUT2D eigenvalue weighted by Crippen LogP contribution is 2.49. The fourth-order valence-electron chi connectivity index (χ4n) is 6.09. The summed E-state index contributed by atoms with van der Waals surface area (Å²) in [4.78, 5) is 9.76. The summed E-state index contributed by atoms with van der Waals surface area (Å²) in [5.41, 5.74) is 18.6. The van der Waals surface area contributed by atoms with Crippen LogP contribution in [0.15, 0.2) is 162 Å². The lowest BCUT2D eigenvalue weighted by molar-refractivity contribution is 1.06. The number of benzene rings is 6. The molecule has 7 rings (SSSR count). The van der Waals surface area contributed by atoms with Gasteiger partial charge in [0.2, 0.25) is 0 Å². The van der Waals surface area contributed by atoms with Gasteiger partial charge in [0.05, 0.1) is 6.54 Å². The Bertz CT molecular complexity index is 2160. The molecule has 1 aliphatic rings. The Morgan fingerprint density at radius 2 is 1.24 bits per heavy atom. The third kappa shape index (κ3) is 5.49. The van der Waals surface area contributed by atoms with Crippen molar-refractivity contribution in [3.8, 4) is 33.4 Å². The highest BCUT2D eigenvalue weighted by atomic mass is 15.0. The minimum atomic E-state index is 0.384. The van der Waals surface area contributed by atoms with Gasteiger partial charge >= 0.3 is 0 Å². The lowest BCUT2D eigenvalue weighted by Crippen LogP contribution is -2.16. The molecule has 0 heterocycles. The van der Waals surface area contributed by atoms with E-state index >= 15 is 0 Å². The van der Waals surface area contributed by atoms with Crippen molar-refractivity contribution in [2.45, 2.75) is 6.54 Å². The van der Waals surface area contributed by atoms with Gasteiger partial charge in [-0.15, -0.1) is 0 Å². The summed E-state index contributed by atoms with van der Waals surface area (Å²) < 4.78 is 0. The van der Waals surface area contributed by atoms with E-state index in [0.29, 0.717) is 18.2 Å². The second kappa shape index (κ2) is 12.5. The Morgan fingerprint density at radius 1 is 0.630 bits per heavy atom. The lowest BCUT2D eigenvalue weighted by Gasteiger charge is -2.11. The molecule has 0 spiro atoms. The molecule has 0 amide bonds. The van der Waals surface area contributed by atoms with Crippen molar-refractivity contribution in [3.05, 3.63) is 174 Å². The molecule has 0 saturated heterocycles. The molecule has 6 aromatic rings. The Labute approximate surface area is 269 Å². The van der Waals surface area contributed by atoms with E-state index in [1.807, 2.05) is 42.5 Å². The molecule has 46 heavy (non-hydrogen) atoms. The van der Waals surface area contributed by atoms with Gasteiger partial charge in [-0.1, -0.05) is 146 Å². The van der Waals surface area contributed by atoms with Crippen molar-refractivity contribution in [3.63, 3.8) is 0 Å². The number of rotatable bonds is 8. The van der Waals surface area contributed by atoms with Gasteiger partial charge in [0.15, 0.2) is 5.84 Å². The lowest BCUT2D eigenvalue weighted by atomic mass is 9.94. The van der Waals surface area contributed by atoms with E-state index in [2.05, 4.69) is 97.6 Å². The number of amidine groups is 2. The smallest absolute Gasteiger partial charge is 0.157 e. The van der Waals surface area contributed by atoms with E-state index in [0.717, 1.165) is 33.4 Å². The first-order valence-corrected chi connectivity index (χ1v) is 15.3. The summed E-state index contributed by atoms with van der Waals surface area (Å²) in [5.74, 6) is 0.960. The zero-order valence-electron chi connectivity index (χ0n) is 25.3. The van der Waals surface area contributed by atoms with Crippen LogP contribution in [0.4, 0.5) is 0 Å². The van der Waals surface area contributed by atoms with Crippen LogP contribution in [0.25, 0.3) is 49.7 Å². The minimum Gasteiger partial charge on any atom is -0.383 e. The molecule has 0 aliphatic heterocycles. The highest BCUT2D eigenvalue weighted by Gasteiger charge is 2.22. The monoisotopic (exact) mass is 592 g/mol. The van der Waals surface area contributed by atoms with Crippen molar-refractivity contribution in [1.29, 1.82) is 5.41 Å². The van der Waals surface area contributed by atoms with E-state index in [9.17, 15) is 0 Å². The molecule has 0 radical (unpaired) electrons. The van der Waals surface area contributed by atoms with Crippen LogP contribution in [-0.4, -0.2) is 17.9 Å². The van der Waals surface area contributed by atoms with Gasteiger partial charge in [-0.25, -0.2) is 4.99 Å². The van der Waals surface area contributed by atoms with Crippen LogP contribution in [0, 0.1) is 5.41 Å². The first-order chi connectivity index (χ1) is 22.6. The molecular formula is C42H32N4. The predicted octanol–water partition coefficient (Wildman–Crippen LogP) is 9.73. The van der Waals surface area contributed by atoms with Crippen LogP contribution < -0.4 is 5.73 Å². The first kappa shape index (κ1) is 28.6. The molecule has 0 unspecified atom stereocenters. The highest BCUT2D eigenvalue weighted by molar-refractivity contribution is 6.18. The number of nitrogens with two attached hydrogens (primary N) is 1. The van der Waals surface area contributed by atoms with Crippen LogP contribution in [0.1, 0.15) is 22.3 Å². The largest absolute Gasteiger partial charge is 0.383 e. The van der Waals surface area contributed by atoms with Gasteiger partial charge in [-0.05, 0) is 66.9 Å². The van der Waals surface area contributed by atoms with Crippen LogP contribution in [0.3, 0.4) is 0 Å². The molecule has 0 fully saturated rings. The fraction of sp³-hybridized carbons (Fsp3) is 0.0238. The molecule has 6 aromatic carbocycles. The molecular weight excluding hydrogens is 560 g/mol. The molecule has 3 N–H and O–H groups in total. The zero-order valence-corrected chi connectivity index (χ0v) is 25.3. The van der Waals surface area contributed by atoms with Crippen molar-refractivity contribution in [2.24, 2.45) is 15.7 Å². The van der Waals surface area contributed by atoms with Crippen LogP contribution in [-0.2, 0) is 6.54 Å². The second-order valence-corrected chi connectivity index (χ2v) is 11.3. The van der Waals surface area contributed by atoms with Crippen molar-refractivity contribution in [2.75, 3.05) is 0 Å². The van der Waals surface area contributed by atoms with E-state index in [1.54, 1.807) is 12.2 Å². The molecule has 0 aromatic heterocycles. The fourth-order valence-corrected chi connectivity index (χ4v) is 6.09. The Morgan fingerprint density at radius 3 is 1.96 bits per heavy atom. The second-order valence-electron chi connectivity index (χ2n) is 11.3. The maximum Gasteiger partial charge on any atom is 0.157 e. The third-order valence-electron chi connectivity index (χ3n) is 8.43. The standard InChI is InChI=1S/C42H32N4/c1-28(9-8-26-43)30-16-20-32(21-17-30)41(44)46-42(45-27-29-10-3-2-4-11-29)33-22-18-31(19-23-33)34-24-25-39-36-13-6-5-12-35(36)38-15-7-14-37(34)40(38)39/h2-26,43H,1,27H2,(H2,44,45,46)/b9-8-,43-26?. The number of fused-ring (bicyclic) bond motifs is 3. The SMILES string of the molecule is C=C(/C=C\C=N)c1ccc(C(N)=NC(=NCc2ccccc2)c2ccc(-c3ccc4c5c(cccc35)-c3ccccc3-4)cc2)cc1. The average Bonchev–Trinajstić information content (AvgIpc) is 3.44. The number of allylic oxidation sites excluding steroid dienone is 3. The van der Waals surface area contributed by atoms with Crippen LogP contribution in [0.2, 0.25) is 0 Å². The van der Waals surface area contributed by atoms with Crippen LogP contribution >= 0.6 is 0 Å². The van der Waals surface area contributed by atoms with E-state index in [-0.39, 0.29) is 0 Å². The van der Waals surface area contributed by atoms with Gasteiger partial charge in [-0.3, -0.25) is 4.99 Å². The summed E-state index contributed by atoms with van der Waals surface area (Å²) in [7, 11) is 0. The van der Waals surface area contributed by atoms with E-state index in [4.69, 9.17) is 21.1 Å². The topological polar surface area (TPSA) is 74.6 Å². The quantitative estimate of drug-likeness (QED) is 0.103. The van der Waals surface area contributed by atoms with Crippen molar-refractivity contribution < 1.29 is 0 Å². The summed E-state index contributed by atoms with van der Waals surface area (Å²) in [6.07, 6.45) is 4.69. The maximum absolute atomic E-state index is 7.21. The Balaban J connectivity index is 1.23. The summed E-state index contributed by atoms with van der Waals surface area (Å²) >= 11 is 0. The number of aliphatic imine (C=N–C) groups is 2. The van der Waals surface area contributed by atoms with Gasteiger partial charge in [0, 0.05) is 17.3 Å². The zero-order chi connectivity index (χ0) is 31.5. The number of hydrogen-bond acceptors (Lipinski definition) is 2. The minimum absolute atomic E-state index is 0.384. The normalized spacial score (nSPS) is 12.4. The molecule has 0 atom stereocenters. The molecule has 220 valence electrons. The Hall–Kier alpha value is -6.13. The van der Waals surface area contributed by atoms with Gasteiger partial charge in [0.1, 0.15) is 5.84 Å². The molecule has 1 aliphatic carbocycles. The summed E-state index contributed by atoms with van der Waals surface area (Å²) in [5, 5.41) is 9.77. The number of hydrogen-bond donors (Lipinski definition) is 2. The number of nitrogens with one attached hydrogen (secondary N) is 1. The van der Waals surface area contributed by atoms with Gasteiger partial charge in [0.25, 0.3) is 0 Å². The summed E-state index contributed by atoms with van der Waals surface area (Å²) in [6.45, 7) is 4.56. The average molecular weight is 593 g/mol. The molecule has 4 heteroatoms. The molecule has 0 saturated carbocycles. The Kier molecular flexibility index (Phi) is 7.76. The number of nitrogens with zero attached hydrogens (tertiary/aromatic N) is 2. The van der Waals surface area contributed by atoms with Crippen molar-refractivity contribution in [1.82, 2.24) is 0 Å². The summed E-state index contributed by atoms with van der Waals surface area (Å²) in [6, 6.07) is 46.1. The van der Waals surface area contributed by atoms with Gasteiger partial charge < -0.3 is 11.1 Å². The van der Waals surface area contributed by atoms with E-state index < -0.39 is 0 Å². The van der Waals surface area contributed by atoms with Crippen LogP contribution in [0.5, 0.6) is 0 Å². The molecule has 0 bridgehead atoms. The van der Waals surface area contributed by atoms with E-state index in [1.165, 1.54) is 44.8 Å². The first-order valence-electron chi connectivity index (χ1n) is 15.3. The molecule has 4 nitrogen and oxygen atoms in total. The van der Waals surface area contributed by atoms with Crippen molar-refractivity contribution >= 4 is 34.2 Å².